The van der Waals surface area contributed by atoms with E-state index in [4.69, 9.17) is 4.74 Å². The molecule has 160 valence electrons. The van der Waals surface area contributed by atoms with Crippen molar-refractivity contribution in [2.75, 3.05) is 0 Å². The summed E-state index contributed by atoms with van der Waals surface area (Å²) in [5.41, 5.74) is 5.45. The molecule has 2 aromatic carbocycles. The lowest BCUT2D eigenvalue weighted by Gasteiger charge is -2.35. The van der Waals surface area contributed by atoms with Crippen LogP contribution in [0.1, 0.15) is 60.9 Å². The summed E-state index contributed by atoms with van der Waals surface area (Å²) >= 11 is 0. The van der Waals surface area contributed by atoms with Crippen LogP contribution in [0.2, 0.25) is 0 Å². The maximum Gasteiger partial charge on any atom is 0.336 e. The molecule has 0 aromatic heterocycles. The number of amides is 1. The van der Waals surface area contributed by atoms with Gasteiger partial charge < -0.3 is 9.64 Å². The van der Waals surface area contributed by atoms with E-state index in [0.717, 1.165) is 22.3 Å². The molecule has 0 spiro atoms. The molecule has 1 atom stereocenters. The van der Waals surface area contributed by atoms with Crippen LogP contribution in [0.5, 0.6) is 0 Å². The normalized spacial score (nSPS) is 16.5. The Morgan fingerprint density at radius 2 is 1.90 bits per heavy atom. The molecular weight excluding hydrogens is 388 g/mol. The van der Waals surface area contributed by atoms with E-state index >= 15 is 0 Å². The van der Waals surface area contributed by atoms with E-state index < -0.39 is 5.97 Å². The van der Waals surface area contributed by atoms with Gasteiger partial charge in [0.15, 0.2) is 0 Å². The number of benzene rings is 2. The monoisotopic (exact) mass is 416 g/mol. The molecule has 1 unspecified atom stereocenters. The van der Waals surface area contributed by atoms with Crippen molar-refractivity contribution in [2.24, 2.45) is 0 Å². The fourth-order valence-electron chi connectivity index (χ4n) is 4.08. The van der Waals surface area contributed by atoms with Crippen LogP contribution in [0.4, 0.5) is 0 Å². The first-order valence-electron chi connectivity index (χ1n) is 10.5. The molecule has 1 heterocycles. The predicted molar refractivity (Wildman–Crippen MR) is 119 cm³/mol. The van der Waals surface area contributed by atoms with E-state index in [1.165, 1.54) is 0 Å². The zero-order valence-corrected chi connectivity index (χ0v) is 18.7. The summed E-state index contributed by atoms with van der Waals surface area (Å²) in [5, 5.41) is 9.43. The molecule has 2 aromatic rings. The van der Waals surface area contributed by atoms with E-state index in [1.54, 1.807) is 24.0 Å². The highest BCUT2D eigenvalue weighted by atomic mass is 16.5. The van der Waals surface area contributed by atoms with E-state index in [1.807, 2.05) is 58.0 Å². The van der Waals surface area contributed by atoms with Crippen molar-refractivity contribution in [2.45, 2.75) is 59.6 Å². The molecule has 0 N–H and O–H groups in total. The zero-order valence-electron chi connectivity index (χ0n) is 18.7. The maximum absolute atomic E-state index is 13.2. The van der Waals surface area contributed by atoms with E-state index in [-0.39, 0.29) is 30.9 Å². The van der Waals surface area contributed by atoms with Crippen molar-refractivity contribution in [1.29, 1.82) is 5.26 Å². The fraction of sp³-hybridized carbons (Fsp3) is 0.346. The van der Waals surface area contributed by atoms with Gasteiger partial charge in [0.1, 0.15) is 0 Å². The fourth-order valence-corrected chi connectivity index (χ4v) is 4.08. The van der Waals surface area contributed by atoms with Crippen molar-refractivity contribution in [1.82, 2.24) is 4.90 Å². The van der Waals surface area contributed by atoms with Gasteiger partial charge in [-0.1, -0.05) is 42.0 Å². The number of nitrogens with zero attached hydrogens (tertiary/aromatic N) is 2. The Kier molecular flexibility index (Phi) is 6.60. The van der Waals surface area contributed by atoms with E-state index in [9.17, 15) is 14.9 Å². The Labute approximate surface area is 183 Å². The molecule has 0 saturated carbocycles. The number of carbonyl (C=O) groups excluding carboxylic acids is 2. The Balaban J connectivity index is 2.11. The van der Waals surface area contributed by atoms with Crippen molar-refractivity contribution in [3.05, 3.63) is 81.6 Å². The van der Waals surface area contributed by atoms with Gasteiger partial charge in [0.05, 0.1) is 29.9 Å². The number of rotatable bonds is 5. The number of carbonyl (C=O) groups is 2. The summed E-state index contributed by atoms with van der Waals surface area (Å²) in [6.45, 7) is 9.66. The molecule has 0 saturated heterocycles. The van der Waals surface area contributed by atoms with Gasteiger partial charge in [-0.15, -0.1) is 0 Å². The molecule has 0 aliphatic carbocycles. The van der Waals surface area contributed by atoms with Crippen LogP contribution in [0, 0.1) is 25.2 Å². The van der Waals surface area contributed by atoms with Crippen molar-refractivity contribution in [3.8, 4) is 6.07 Å². The van der Waals surface area contributed by atoms with E-state index in [2.05, 4.69) is 6.07 Å². The van der Waals surface area contributed by atoms with Crippen molar-refractivity contribution < 1.29 is 14.3 Å². The summed E-state index contributed by atoms with van der Waals surface area (Å²) in [7, 11) is 0. The smallest absolute Gasteiger partial charge is 0.336 e. The number of allylic oxidation sites excluding steroid dienone is 1. The van der Waals surface area contributed by atoms with Crippen molar-refractivity contribution >= 4 is 11.9 Å². The lowest BCUT2D eigenvalue weighted by atomic mass is 9.81. The molecule has 1 aliphatic rings. The first-order chi connectivity index (χ1) is 14.7. The van der Waals surface area contributed by atoms with Crippen LogP contribution < -0.4 is 0 Å². The quantitative estimate of drug-likeness (QED) is 0.649. The Morgan fingerprint density at radius 3 is 2.58 bits per heavy atom. The minimum Gasteiger partial charge on any atom is -0.460 e. The van der Waals surface area contributed by atoms with Crippen LogP contribution in [0.25, 0.3) is 0 Å². The molecule has 0 radical (unpaired) electrons. The van der Waals surface area contributed by atoms with Gasteiger partial charge in [0, 0.05) is 18.0 Å². The van der Waals surface area contributed by atoms with Crippen LogP contribution in [0.3, 0.4) is 0 Å². The summed E-state index contributed by atoms with van der Waals surface area (Å²) in [4.78, 5) is 28.0. The zero-order chi connectivity index (χ0) is 22.7. The van der Waals surface area contributed by atoms with Crippen LogP contribution in [0.15, 0.2) is 53.7 Å². The number of ether oxygens (including phenoxy) is 1. The molecule has 5 heteroatoms. The lowest BCUT2D eigenvalue weighted by molar-refractivity contribution is -0.143. The molecular formula is C26H28N2O3. The van der Waals surface area contributed by atoms with Gasteiger partial charge in [-0.3, -0.25) is 4.79 Å². The molecule has 0 fully saturated rings. The topological polar surface area (TPSA) is 70.4 Å². The van der Waals surface area contributed by atoms with Gasteiger partial charge in [0.2, 0.25) is 5.91 Å². The second-order valence-electron chi connectivity index (χ2n) is 8.32. The minimum atomic E-state index is -0.399. The highest BCUT2D eigenvalue weighted by Crippen LogP contribution is 2.39. The number of hydrogen-bond donors (Lipinski definition) is 0. The second kappa shape index (κ2) is 9.18. The Bertz CT molecular complexity index is 1090. The average Bonchev–Trinajstić information content (AvgIpc) is 2.72. The van der Waals surface area contributed by atoms with Crippen LogP contribution in [-0.4, -0.2) is 22.9 Å². The summed E-state index contributed by atoms with van der Waals surface area (Å²) in [5.74, 6) is -0.831. The van der Waals surface area contributed by atoms with Gasteiger partial charge in [-0.05, 0) is 57.4 Å². The largest absolute Gasteiger partial charge is 0.460 e. The minimum absolute atomic E-state index is 0.0720. The standard InChI is InChI=1S/C26H28N2O3/c1-16(2)31-26(30)25-19(5)28(15-21-9-7-6-8-20(21)14-27)24(29)13-23(25)22-12-17(3)10-11-18(22)4/h6-12,16,23H,13,15H2,1-5H3. The molecule has 1 aliphatic heterocycles. The summed E-state index contributed by atoms with van der Waals surface area (Å²) in [6, 6.07) is 15.5. The molecule has 1 amide bonds. The van der Waals surface area contributed by atoms with Gasteiger partial charge in [-0.2, -0.15) is 5.26 Å². The van der Waals surface area contributed by atoms with Gasteiger partial charge >= 0.3 is 5.97 Å². The summed E-state index contributed by atoms with van der Waals surface area (Å²) in [6.07, 6.45) is -0.0868. The first kappa shape index (κ1) is 22.3. The molecule has 3 rings (SSSR count). The first-order valence-corrected chi connectivity index (χ1v) is 10.5. The molecule has 31 heavy (non-hydrogen) atoms. The van der Waals surface area contributed by atoms with Gasteiger partial charge in [0.25, 0.3) is 0 Å². The number of nitriles is 1. The number of hydrogen-bond acceptors (Lipinski definition) is 4. The van der Waals surface area contributed by atoms with Gasteiger partial charge in [-0.25, -0.2) is 4.79 Å². The average molecular weight is 417 g/mol. The predicted octanol–water partition coefficient (Wildman–Crippen LogP) is 4.92. The Hall–Kier alpha value is -3.39. The lowest BCUT2D eigenvalue weighted by Crippen LogP contribution is -2.38. The number of esters is 1. The summed E-state index contributed by atoms with van der Waals surface area (Å²) < 4.78 is 5.57. The SMILES string of the molecule is CC1=C(C(=O)OC(C)C)C(c2cc(C)ccc2C)CC(=O)N1Cc1ccccc1C#N. The third-order valence-corrected chi connectivity index (χ3v) is 5.66. The highest BCUT2D eigenvalue weighted by molar-refractivity contribution is 5.96. The van der Waals surface area contributed by atoms with Crippen molar-refractivity contribution in [3.63, 3.8) is 0 Å². The third kappa shape index (κ3) is 4.69. The Morgan fingerprint density at radius 1 is 1.19 bits per heavy atom. The highest BCUT2D eigenvalue weighted by Gasteiger charge is 2.38. The third-order valence-electron chi connectivity index (χ3n) is 5.66. The molecule has 5 nitrogen and oxygen atoms in total. The maximum atomic E-state index is 13.2. The molecule has 0 bridgehead atoms. The van der Waals surface area contributed by atoms with Crippen LogP contribution in [-0.2, 0) is 20.9 Å². The second-order valence-corrected chi connectivity index (χ2v) is 8.32. The number of aryl methyl sites for hydroxylation is 2. The van der Waals surface area contributed by atoms with E-state index in [0.29, 0.717) is 16.8 Å². The van der Waals surface area contributed by atoms with Crippen LogP contribution >= 0.6 is 0 Å².